The highest BCUT2D eigenvalue weighted by atomic mass is 79.9. The Morgan fingerprint density at radius 1 is 1.29 bits per heavy atom. The van der Waals surface area contributed by atoms with Gasteiger partial charge in [0.25, 0.3) is 0 Å². The van der Waals surface area contributed by atoms with Crippen molar-refractivity contribution in [1.82, 2.24) is 5.32 Å². The van der Waals surface area contributed by atoms with Crippen LogP contribution in [0.5, 0.6) is 5.75 Å². The lowest BCUT2D eigenvalue weighted by Crippen LogP contribution is -2.25. The normalized spacial score (nSPS) is 10.2. The van der Waals surface area contributed by atoms with Crippen molar-refractivity contribution in [3.63, 3.8) is 0 Å². The highest BCUT2D eigenvalue weighted by Crippen LogP contribution is 2.16. The summed E-state index contributed by atoms with van der Waals surface area (Å²) in [6.45, 7) is 0.161. The molecule has 0 aliphatic rings. The molecule has 0 heterocycles. The van der Waals surface area contributed by atoms with Crippen LogP contribution in [0.2, 0.25) is 0 Å². The van der Waals surface area contributed by atoms with Gasteiger partial charge in [-0.2, -0.15) is 0 Å². The summed E-state index contributed by atoms with van der Waals surface area (Å²) in [6, 6.07) is 11.9. The van der Waals surface area contributed by atoms with Gasteiger partial charge in [-0.05, 0) is 35.9 Å². The quantitative estimate of drug-likeness (QED) is 0.895. The molecule has 0 radical (unpaired) electrons. The maximum Gasteiger partial charge on any atom is 0.224 e. The number of hydrogen-bond acceptors (Lipinski definition) is 2. The van der Waals surface area contributed by atoms with Gasteiger partial charge in [-0.3, -0.25) is 4.79 Å². The van der Waals surface area contributed by atoms with Crippen molar-refractivity contribution < 1.29 is 13.9 Å². The lowest BCUT2D eigenvalue weighted by molar-refractivity contribution is -0.120. The van der Waals surface area contributed by atoms with Crippen LogP contribution in [0.4, 0.5) is 4.39 Å². The van der Waals surface area contributed by atoms with Crippen molar-refractivity contribution in [3.05, 3.63) is 63.9 Å². The van der Waals surface area contributed by atoms with Gasteiger partial charge < -0.3 is 10.1 Å². The molecule has 21 heavy (non-hydrogen) atoms. The van der Waals surface area contributed by atoms with Crippen LogP contribution < -0.4 is 10.1 Å². The molecule has 0 unspecified atom stereocenters. The van der Waals surface area contributed by atoms with E-state index in [1.807, 2.05) is 18.2 Å². The van der Waals surface area contributed by atoms with E-state index in [2.05, 4.69) is 21.2 Å². The van der Waals surface area contributed by atoms with E-state index in [9.17, 15) is 9.18 Å². The van der Waals surface area contributed by atoms with E-state index >= 15 is 0 Å². The van der Waals surface area contributed by atoms with Crippen molar-refractivity contribution in [1.29, 1.82) is 0 Å². The first-order valence-corrected chi connectivity index (χ1v) is 7.21. The zero-order chi connectivity index (χ0) is 15.2. The minimum atomic E-state index is -0.333. The third kappa shape index (κ3) is 4.56. The smallest absolute Gasteiger partial charge is 0.224 e. The Bertz CT molecular complexity index is 646. The molecule has 3 nitrogen and oxygen atoms in total. The molecule has 110 valence electrons. The van der Waals surface area contributed by atoms with Crippen molar-refractivity contribution in [2.75, 3.05) is 7.11 Å². The second-order valence-corrected chi connectivity index (χ2v) is 5.46. The first-order valence-electron chi connectivity index (χ1n) is 6.42. The molecule has 0 aliphatic carbocycles. The SMILES string of the molecule is COc1cccc(CC(=O)NCc2cc(Br)ccc2F)c1. The number of benzene rings is 2. The summed E-state index contributed by atoms with van der Waals surface area (Å²) in [5.74, 6) is 0.209. The van der Waals surface area contributed by atoms with Crippen LogP contribution in [0, 0.1) is 5.82 Å². The maximum atomic E-state index is 13.6. The van der Waals surface area contributed by atoms with Crippen LogP contribution in [-0.2, 0) is 17.8 Å². The van der Waals surface area contributed by atoms with Gasteiger partial charge in [-0.1, -0.05) is 28.1 Å². The summed E-state index contributed by atoms with van der Waals surface area (Å²) in [6.07, 6.45) is 0.229. The van der Waals surface area contributed by atoms with Gasteiger partial charge in [-0.25, -0.2) is 4.39 Å². The van der Waals surface area contributed by atoms with Crippen molar-refractivity contribution in [2.24, 2.45) is 0 Å². The lowest BCUT2D eigenvalue weighted by atomic mass is 10.1. The second kappa shape index (κ2) is 7.22. The van der Waals surface area contributed by atoms with Crippen LogP contribution in [0.25, 0.3) is 0 Å². The number of carbonyl (C=O) groups excluding carboxylic acids is 1. The fourth-order valence-corrected chi connectivity index (χ4v) is 2.31. The van der Waals surface area contributed by atoms with E-state index in [-0.39, 0.29) is 24.7 Å². The molecule has 1 amide bonds. The molecule has 0 aliphatic heterocycles. The molecule has 2 rings (SSSR count). The highest BCUT2D eigenvalue weighted by Gasteiger charge is 2.07. The van der Waals surface area contributed by atoms with Gasteiger partial charge in [0.05, 0.1) is 13.5 Å². The van der Waals surface area contributed by atoms with Crippen LogP contribution in [-0.4, -0.2) is 13.0 Å². The summed E-state index contributed by atoms with van der Waals surface area (Å²) in [5, 5.41) is 2.71. The lowest BCUT2D eigenvalue weighted by Gasteiger charge is -2.08. The standard InChI is InChI=1S/C16H15BrFNO2/c1-21-14-4-2-3-11(7-14)8-16(20)19-10-12-9-13(17)5-6-15(12)18/h2-7,9H,8,10H2,1H3,(H,19,20). The third-order valence-corrected chi connectivity index (χ3v) is 3.48. The van der Waals surface area contributed by atoms with E-state index in [1.54, 1.807) is 25.3 Å². The maximum absolute atomic E-state index is 13.6. The molecule has 0 saturated heterocycles. The van der Waals surface area contributed by atoms with E-state index in [0.29, 0.717) is 11.3 Å². The molecular weight excluding hydrogens is 337 g/mol. The second-order valence-electron chi connectivity index (χ2n) is 4.54. The zero-order valence-corrected chi connectivity index (χ0v) is 13.1. The van der Waals surface area contributed by atoms with Crippen molar-refractivity contribution in [2.45, 2.75) is 13.0 Å². The van der Waals surface area contributed by atoms with Crippen molar-refractivity contribution in [3.8, 4) is 5.75 Å². The van der Waals surface area contributed by atoms with Gasteiger partial charge in [0.2, 0.25) is 5.91 Å². The molecule has 0 atom stereocenters. The number of methoxy groups -OCH3 is 1. The van der Waals surface area contributed by atoms with Gasteiger partial charge in [0.1, 0.15) is 11.6 Å². The molecule has 0 fully saturated rings. The van der Waals surface area contributed by atoms with Crippen LogP contribution in [0.3, 0.4) is 0 Å². The van der Waals surface area contributed by atoms with Crippen LogP contribution in [0.1, 0.15) is 11.1 Å². The Labute approximate surface area is 131 Å². The number of rotatable bonds is 5. The monoisotopic (exact) mass is 351 g/mol. The highest BCUT2D eigenvalue weighted by molar-refractivity contribution is 9.10. The molecule has 1 N–H and O–H groups in total. The number of hydrogen-bond donors (Lipinski definition) is 1. The summed E-state index contributed by atoms with van der Waals surface area (Å²) < 4.78 is 19.4. The molecular formula is C16H15BrFNO2. The first kappa shape index (κ1) is 15.5. The third-order valence-electron chi connectivity index (χ3n) is 2.98. The average molecular weight is 352 g/mol. The first-order chi connectivity index (χ1) is 10.1. The summed E-state index contributed by atoms with van der Waals surface area (Å²) in [5.41, 5.74) is 1.30. The minimum absolute atomic E-state index is 0.161. The van der Waals surface area contributed by atoms with E-state index in [1.165, 1.54) is 6.07 Å². The van der Waals surface area contributed by atoms with Gasteiger partial charge >= 0.3 is 0 Å². The molecule has 2 aromatic carbocycles. The molecule has 0 spiro atoms. The topological polar surface area (TPSA) is 38.3 Å². The molecule has 5 heteroatoms. The zero-order valence-electron chi connectivity index (χ0n) is 11.5. The van der Waals surface area contributed by atoms with Crippen molar-refractivity contribution >= 4 is 21.8 Å². The number of amides is 1. The number of ether oxygens (including phenoxy) is 1. The Morgan fingerprint density at radius 2 is 2.10 bits per heavy atom. The largest absolute Gasteiger partial charge is 0.497 e. The molecule has 0 saturated carbocycles. The van der Waals surface area contributed by atoms with Crippen LogP contribution in [0.15, 0.2) is 46.9 Å². The minimum Gasteiger partial charge on any atom is -0.497 e. The Morgan fingerprint density at radius 3 is 2.86 bits per heavy atom. The Balaban J connectivity index is 1.94. The predicted octanol–water partition coefficient (Wildman–Crippen LogP) is 3.46. The number of nitrogens with one attached hydrogen (secondary N) is 1. The Hall–Kier alpha value is -1.88. The summed E-state index contributed by atoms with van der Waals surface area (Å²) in [4.78, 5) is 11.9. The van der Waals surface area contributed by atoms with E-state index in [4.69, 9.17) is 4.74 Å². The summed E-state index contributed by atoms with van der Waals surface area (Å²) in [7, 11) is 1.58. The summed E-state index contributed by atoms with van der Waals surface area (Å²) >= 11 is 3.28. The molecule has 0 bridgehead atoms. The Kier molecular flexibility index (Phi) is 5.33. The molecule has 2 aromatic rings. The van der Waals surface area contributed by atoms with Gasteiger partial charge in [0.15, 0.2) is 0 Å². The van der Waals surface area contributed by atoms with E-state index in [0.717, 1.165) is 10.0 Å². The fraction of sp³-hybridized carbons (Fsp3) is 0.188. The molecule has 0 aromatic heterocycles. The van der Waals surface area contributed by atoms with Crippen LogP contribution >= 0.6 is 15.9 Å². The average Bonchev–Trinajstić information content (AvgIpc) is 2.48. The predicted molar refractivity (Wildman–Crippen MR) is 82.6 cm³/mol. The van der Waals surface area contributed by atoms with E-state index < -0.39 is 0 Å². The van der Waals surface area contributed by atoms with Gasteiger partial charge in [0, 0.05) is 16.6 Å². The number of halogens is 2. The number of carbonyl (C=O) groups is 1. The fourth-order valence-electron chi connectivity index (χ4n) is 1.90. The van der Waals surface area contributed by atoms with Gasteiger partial charge in [-0.15, -0.1) is 0 Å².